The van der Waals surface area contributed by atoms with Gasteiger partial charge in [0.1, 0.15) is 5.75 Å². The van der Waals surface area contributed by atoms with Crippen molar-refractivity contribution in [1.29, 1.82) is 0 Å². The third kappa shape index (κ3) is 5.32. The molecule has 0 bridgehead atoms. The van der Waals surface area contributed by atoms with Gasteiger partial charge in [-0.1, -0.05) is 12.1 Å². The number of fused-ring (bicyclic) bond motifs is 1. The van der Waals surface area contributed by atoms with Crippen LogP contribution in [0.5, 0.6) is 5.75 Å². The van der Waals surface area contributed by atoms with Gasteiger partial charge in [0, 0.05) is 4.88 Å². The van der Waals surface area contributed by atoms with Crippen LogP contribution < -0.4 is 15.6 Å². The van der Waals surface area contributed by atoms with Crippen LogP contribution in [-0.2, 0) is 22.5 Å². The SMILES string of the molecule is COc1ccc(/C=N\OCC(=O)NNC(=O)c2cc3c(s2)CC[C@H](C)C3)cc1. The smallest absolute Gasteiger partial charge is 0.279 e. The van der Waals surface area contributed by atoms with E-state index in [1.165, 1.54) is 28.0 Å². The molecule has 28 heavy (non-hydrogen) atoms. The molecule has 1 aromatic carbocycles. The maximum absolute atomic E-state index is 12.2. The average Bonchev–Trinajstić information content (AvgIpc) is 3.13. The van der Waals surface area contributed by atoms with E-state index in [4.69, 9.17) is 9.57 Å². The topological polar surface area (TPSA) is 89.0 Å². The average molecular weight is 401 g/mol. The zero-order valence-corrected chi connectivity index (χ0v) is 16.7. The number of oxime groups is 1. The van der Waals surface area contributed by atoms with Gasteiger partial charge in [-0.3, -0.25) is 20.4 Å². The third-order valence-corrected chi connectivity index (χ3v) is 5.69. The molecule has 1 aliphatic carbocycles. The lowest BCUT2D eigenvalue weighted by Gasteiger charge is -2.16. The van der Waals surface area contributed by atoms with Crippen LogP contribution in [0.15, 0.2) is 35.5 Å². The predicted octanol–water partition coefficient (Wildman–Crippen LogP) is 2.69. The summed E-state index contributed by atoms with van der Waals surface area (Å²) in [6.07, 6.45) is 4.66. The first kappa shape index (κ1) is 19.9. The van der Waals surface area contributed by atoms with Crippen molar-refractivity contribution in [3.05, 3.63) is 51.2 Å². The molecule has 2 amide bonds. The van der Waals surface area contributed by atoms with Crippen LogP contribution in [0.1, 0.15) is 39.0 Å². The van der Waals surface area contributed by atoms with Gasteiger partial charge in [0.2, 0.25) is 0 Å². The Morgan fingerprint density at radius 2 is 2.07 bits per heavy atom. The van der Waals surface area contributed by atoms with Crippen molar-refractivity contribution in [2.24, 2.45) is 11.1 Å². The van der Waals surface area contributed by atoms with Crippen molar-refractivity contribution in [1.82, 2.24) is 10.9 Å². The van der Waals surface area contributed by atoms with E-state index in [-0.39, 0.29) is 12.5 Å². The molecule has 148 valence electrons. The number of hydrogen-bond donors (Lipinski definition) is 2. The van der Waals surface area contributed by atoms with Crippen LogP contribution in [-0.4, -0.2) is 31.7 Å². The fourth-order valence-corrected chi connectivity index (χ4v) is 4.03. The number of aryl methyl sites for hydroxylation is 1. The summed E-state index contributed by atoms with van der Waals surface area (Å²) in [5, 5.41) is 3.74. The Balaban J connectivity index is 1.40. The molecule has 0 radical (unpaired) electrons. The third-order valence-electron chi connectivity index (χ3n) is 4.46. The molecule has 0 saturated carbocycles. The number of amides is 2. The molecule has 0 saturated heterocycles. The minimum absolute atomic E-state index is 0.300. The lowest BCUT2D eigenvalue weighted by Crippen LogP contribution is -2.42. The fourth-order valence-electron chi connectivity index (χ4n) is 2.93. The van der Waals surface area contributed by atoms with E-state index in [1.54, 1.807) is 19.2 Å². The number of benzene rings is 1. The van der Waals surface area contributed by atoms with Crippen LogP contribution in [0.2, 0.25) is 0 Å². The number of carbonyl (C=O) groups excluding carboxylic acids is 2. The molecule has 7 nitrogen and oxygen atoms in total. The van der Waals surface area contributed by atoms with Crippen LogP contribution in [0.25, 0.3) is 0 Å². The maximum Gasteiger partial charge on any atom is 0.279 e. The minimum Gasteiger partial charge on any atom is -0.497 e. The van der Waals surface area contributed by atoms with Gasteiger partial charge in [0.25, 0.3) is 11.8 Å². The van der Waals surface area contributed by atoms with Gasteiger partial charge in [-0.25, -0.2) is 0 Å². The number of methoxy groups -OCH3 is 1. The largest absolute Gasteiger partial charge is 0.497 e. The summed E-state index contributed by atoms with van der Waals surface area (Å²) in [5.41, 5.74) is 6.81. The molecular formula is C20H23N3O4S. The molecule has 1 aliphatic rings. The number of rotatable bonds is 6. The number of thiophene rings is 1. The maximum atomic E-state index is 12.2. The van der Waals surface area contributed by atoms with Gasteiger partial charge < -0.3 is 9.57 Å². The Morgan fingerprint density at radius 1 is 1.29 bits per heavy atom. The summed E-state index contributed by atoms with van der Waals surface area (Å²) >= 11 is 1.49. The second-order valence-electron chi connectivity index (χ2n) is 6.69. The number of nitrogens with zero attached hydrogens (tertiary/aromatic N) is 1. The van der Waals surface area contributed by atoms with E-state index in [1.807, 2.05) is 18.2 Å². The van der Waals surface area contributed by atoms with E-state index in [0.29, 0.717) is 10.8 Å². The highest BCUT2D eigenvalue weighted by Gasteiger charge is 2.20. The second kappa shape index (κ2) is 9.36. The zero-order chi connectivity index (χ0) is 19.9. The molecule has 1 atom stereocenters. The van der Waals surface area contributed by atoms with Crippen molar-refractivity contribution < 1.29 is 19.2 Å². The second-order valence-corrected chi connectivity index (χ2v) is 7.83. The van der Waals surface area contributed by atoms with E-state index in [9.17, 15) is 9.59 Å². The highest BCUT2D eigenvalue weighted by atomic mass is 32.1. The van der Waals surface area contributed by atoms with Gasteiger partial charge in [-0.15, -0.1) is 11.3 Å². The minimum atomic E-state index is -0.491. The van der Waals surface area contributed by atoms with Crippen molar-refractivity contribution in [2.75, 3.05) is 13.7 Å². The van der Waals surface area contributed by atoms with Crippen LogP contribution in [0.4, 0.5) is 0 Å². The number of nitrogens with one attached hydrogen (secondary N) is 2. The van der Waals surface area contributed by atoms with Crippen LogP contribution >= 0.6 is 11.3 Å². The first-order chi connectivity index (χ1) is 13.5. The molecule has 0 spiro atoms. The monoisotopic (exact) mass is 401 g/mol. The van der Waals surface area contributed by atoms with E-state index in [2.05, 4.69) is 22.9 Å². The van der Waals surface area contributed by atoms with Gasteiger partial charge in [-0.2, -0.15) is 0 Å². The van der Waals surface area contributed by atoms with Crippen molar-refractivity contribution >= 4 is 29.4 Å². The summed E-state index contributed by atoms with van der Waals surface area (Å²) in [6, 6.07) is 9.15. The first-order valence-corrected chi connectivity index (χ1v) is 9.87. The summed E-state index contributed by atoms with van der Waals surface area (Å²) in [7, 11) is 1.59. The lowest BCUT2D eigenvalue weighted by atomic mass is 9.90. The van der Waals surface area contributed by atoms with Gasteiger partial charge in [0.05, 0.1) is 18.2 Å². The van der Waals surface area contributed by atoms with E-state index >= 15 is 0 Å². The molecular weight excluding hydrogens is 378 g/mol. The molecule has 1 heterocycles. The number of ether oxygens (including phenoxy) is 1. The molecule has 0 fully saturated rings. The lowest BCUT2D eigenvalue weighted by molar-refractivity contribution is -0.126. The van der Waals surface area contributed by atoms with Crippen molar-refractivity contribution in [3.8, 4) is 5.75 Å². The summed E-state index contributed by atoms with van der Waals surface area (Å²) < 4.78 is 5.07. The Morgan fingerprint density at radius 3 is 2.82 bits per heavy atom. The van der Waals surface area contributed by atoms with Gasteiger partial charge >= 0.3 is 0 Å². The molecule has 2 aromatic rings. The van der Waals surface area contributed by atoms with E-state index < -0.39 is 5.91 Å². The molecule has 0 aliphatic heterocycles. The Labute approximate surface area is 167 Å². The van der Waals surface area contributed by atoms with Crippen molar-refractivity contribution in [3.63, 3.8) is 0 Å². The predicted molar refractivity (Wildman–Crippen MR) is 108 cm³/mol. The molecule has 0 unspecified atom stereocenters. The Bertz CT molecular complexity index is 861. The number of hydrogen-bond acceptors (Lipinski definition) is 6. The fraction of sp³-hybridized carbons (Fsp3) is 0.350. The molecule has 2 N–H and O–H groups in total. The Hall–Kier alpha value is -2.87. The van der Waals surface area contributed by atoms with Gasteiger partial charge in [0.15, 0.2) is 6.61 Å². The van der Waals surface area contributed by atoms with Crippen LogP contribution in [0, 0.1) is 5.92 Å². The summed E-state index contributed by atoms with van der Waals surface area (Å²) in [4.78, 5) is 30.8. The zero-order valence-electron chi connectivity index (χ0n) is 15.9. The normalized spacial score (nSPS) is 15.7. The molecule has 8 heteroatoms. The quantitative estimate of drug-likeness (QED) is 0.575. The Kier molecular flexibility index (Phi) is 6.65. The van der Waals surface area contributed by atoms with E-state index in [0.717, 1.165) is 30.6 Å². The number of hydrazine groups is 1. The highest BCUT2D eigenvalue weighted by molar-refractivity contribution is 7.14. The molecule has 3 rings (SSSR count). The highest BCUT2D eigenvalue weighted by Crippen LogP contribution is 2.32. The van der Waals surface area contributed by atoms with Crippen LogP contribution in [0.3, 0.4) is 0 Å². The molecule has 1 aromatic heterocycles. The summed E-state index contributed by atoms with van der Waals surface area (Å²) in [6.45, 7) is 1.92. The first-order valence-electron chi connectivity index (χ1n) is 9.05. The number of carbonyl (C=O) groups is 2. The summed E-state index contributed by atoms with van der Waals surface area (Å²) in [5.74, 6) is 0.583. The standard InChI is InChI=1S/C20H23N3O4S/c1-13-3-8-17-15(9-13)10-18(28-17)20(25)23-22-19(24)12-27-21-11-14-4-6-16(26-2)7-5-14/h4-7,10-11,13H,3,8-9,12H2,1-2H3,(H,22,24)(H,23,25)/b21-11-/t13-/m0/s1. The van der Waals surface area contributed by atoms with Crippen molar-refractivity contribution in [2.45, 2.75) is 26.2 Å². The van der Waals surface area contributed by atoms with Gasteiger partial charge in [-0.05, 0) is 66.6 Å².